The van der Waals surface area contributed by atoms with Gasteiger partial charge in [-0.25, -0.2) is 0 Å². The Balaban J connectivity index is 2.37. The second-order valence-electron chi connectivity index (χ2n) is 3.93. The van der Waals surface area contributed by atoms with Crippen LogP contribution in [0.25, 0.3) is 6.08 Å². The highest BCUT2D eigenvalue weighted by atomic mass is 16.5. The molecule has 1 aromatic carbocycles. The van der Waals surface area contributed by atoms with Crippen molar-refractivity contribution in [2.75, 3.05) is 6.61 Å². The van der Waals surface area contributed by atoms with Gasteiger partial charge in [0.25, 0.3) is 0 Å². The quantitative estimate of drug-likeness (QED) is 0.503. The predicted octanol–water partition coefficient (Wildman–Crippen LogP) is 3.77. The highest BCUT2D eigenvalue weighted by molar-refractivity contribution is 5.74. The summed E-state index contributed by atoms with van der Waals surface area (Å²) in [5.74, 6) is 0.856. The van der Waals surface area contributed by atoms with Gasteiger partial charge in [-0.15, -0.1) is 0 Å². The fourth-order valence-electron chi connectivity index (χ4n) is 1.56. The van der Waals surface area contributed by atoms with Crippen molar-refractivity contribution in [1.29, 1.82) is 0 Å². The minimum Gasteiger partial charge on any atom is -0.494 e. The van der Waals surface area contributed by atoms with Crippen LogP contribution in [0.5, 0.6) is 5.75 Å². The summed E-state index contributed by atoms with van der Waals surface area (Å²) in [7, 11) is 0. The third-order valence-corrected chi connectivity index (χ3v) is 2.47. The lowest BCUT2D eigenvalue weighted by Crippen LogP contribution is -1.97. The van der Waals surface area contributed by atoms with Gasteiger partial charge in [0.2, 0.25) is 6.29 Å². The van der Waals surface area contributed by atoms with Gasteiger partial charge in [-0.05, 0) is 30.2 Å². The first-order valence-electron chi connectivity index (χ1n) is 6.14. The largest absolute Gasteiger partial charge is 0.494 e. The zero-order valence-corrected chi connectivity index (χ0v) is 10.3. The Morgan fingerprint density at radius 1 is 1.29 bits per heavy atom. The summed E-state index contributed by atoms with van der Waals surface area (Å²) in [6.45, 7) is 2.95. The molecular weight excluding hydrogens is 212 g/mol. The Kier molecular flexibility index (Phi) is 6.80. The van der Waals surface area contributed by atoms with Gasteiger partial charge in [-0.3, -0.25) is 4.79 Å². The van der Waals surface area contributed by atoms with Crippen LogP contribution in [0, 0.1) is 0 Å². The van der Waals surface area contributed by atoms with Crippen LogP contribution in [0.3, 0.4) is 0 Å². The smallest absolute Gasteiger partial charge is 0.225 e. The molecule has 2 heteroatoms. The molecule has 0 aromatic heterocycles. The summed E-state index contributed by atoms with van der Waals surface area (Å²) in [6, 6.07) is 7.71. The minimum atomic E-state index is 0.757. The molecule has 17 heavy (non-hydrogen) atoms. The van der Waals surface area contributed by atoms with Crippen LogP contribution in [0.15, 0.2) is 30.3 Å². The molecule has 0 aliphatic carbocycles. The third-order valence-electron chi connectivity index (χ3n) is 2.47. The summed E-state index contributed by atoms with van der Waals surface area (Å²) in [5.41, 5.74) is 0.958. The fraction of sp³-hybridized carbons (Fsp3) is 0.400. The first kappa shape index (κ1) is 13.5. The van der Waals surface area contributed by atoms with E-state index in [9.17, 15) is 4.79 Å². The van der Waals surface area contributed by atoms with E-state index in [1.165, 1.54) is 25.3 Å². The molecular formula is C15H19O2. The van der Waals surface area contributed by atoms with Gasteiger partial charge < -0.3 is 4.74 Å². The van der Waals surface area contributed by atoms with E-state index in [2.05, 4.69) is 6.92 Å². The van der Waals surface area contributed by atoms with Crippen molar-refractivity contribution >= 4 is 12.4 Å². The van der Waals surface area contributed by atoms with Crippen molar-refractivity contribution in [3.05, 3.63) is 35.9 Å². The molecule has 0 bridgehead atoms. The van der Waals surface area contributed by atoms with Crippen LogP contribution in [-0.2, 0) is 4.79 Å². The molecule has 0 heterocycles. The second-order valence-corrected chi connectivity index (χ2v) is 3.93. The van der Waals surface area contributed by atoms with Crippen molar-refractivity contribution in [3.8, 4) is 5.75 Å². The second kappa shape index (κ2) is 8.57. The van der Waals surface area contributed by atoms with E-state index in [4.69, 9.17) is 4.74 Å². The molecule has 0 saturated heterocycles. The van der Waals surface area contributed by atoms with E-state index in [1.54, 1.807) is 12.4 Å². The lowest BCUT2D eigenvalue weighted by molar-refractivity contribution is 0.305. The Bertz CT molecular complexity index is 356. The van der Waals surface area contributed by atoms with Crippen molar-refractivity contribution < 1.29 is 9.53 Å². The predicted molar refractivity (Wildman–Crippen MR) is 70.8 cm³/mol. The Labute approximate surface area is 103 Å². The molecule has 0 fully saturated rings. The van der Waals surface area contributed by atoms with E-state index < -0.39 is 0 Å². The van der Waals surface area contributed by atoms with Crippen LogP contribution >= 0.6 is 0 Å². The number of ether oxygens (including phenoxy) is 1. The topological polar surface area (TPSA) is 26.3 Å². The van der Waals surface area contributed by atoms with E-state index >= 15 is 0 Å². The highest BCUT2D eigenvalue weighted by Gasteiger charge is 1.95. The number of hydrogen-bond donors (Lipinski definition) is 0. The van der Waals surface area contributed by atoms with Gasteiger partial charge in [0, 0.05) is 0 Å². The molecule has 1 radical (unpaired) electrons. The number of benzene rings is 1. The highest BCUT2D eigenvalue weighted by Crippen LogP contribution is 2.15. The van der Waals surface area contributed by atoms with Crippen molar-refractivity contribution in [1.82, 2.24) is 0 Å². The molecule has 2 nitrogen and oxygen atoms in total. The average Bonchev–Trinajstić information content (AvgIpc) is 2.37. The lowest BCUT2D eigenvalue weighted by atomic mass is 10.2. The Morgan fingerprint density at radius 3 is 2.94 bits per heavy atom. The zero-order valence-electron chi connectivity index (χ0n) is 10.3. The summed E-state index contributed by atoms with van der Waals surface area (Å²) in [6.07, 6.45) is 9.63. The lowest BCUT2D eigenvalue weighted by Gasteiger charge is -2.06. The van der Waals surface area contributed by atoms with E-state index in [0.717, 1.165) is 24.3 Å². The van der Waals surface area contributed by atoms with Gasteiger partial charge in [-0.2, -0.15) is 0 Å². The van der Waals surface area contributed by atoms with Gasteiger partial charge in [0.05, 0.1) is 6.61 Å². The van der Waals surface area contributed by atoms with Gasteiger partial charge >= 0.3 is 0 Å². The zero-order chi connectivity index (χ0) is 12.3. The SMILES string of the molecule is CCCCCCOc1cccc(C=C[C]=O)c1. The minimum absolute atomic E-state index is 0.757. The molecule has 0 N–H and O–H groups in total. The number of allylic oxidation sites excluding steroid dienone is 1. The van der Waals surface area contributed by atoms with E-state index in [1.807, 2.05) is 24.3 Å². The molecule has 0 aliphatic rings. The monoisotopic (exact) mass is 231 g/mol. The summed E-state index contributed by atoms with van der Waals surface area (Å²) in [4.78, 5) is 10.1. The molecule has 91 valence electrons. The molecule has 0 saturated carbocycles. The molecule has 0 aliphatic heterocycles. The molecule has 0 amide bonds. The normalized spacial score (nSPS) is 10.6. The Hall–Kier alpha value is -1.57. The number of hydrogen-bond acceptors (Lipinski definition) is 2. The summed E-state index contributed by atoms with van der Waals surface area (Å²) >= 11 is 0. The first-order valence-corrected chi connectivity index (χ1v) is 6.14. The van der Waals surface area contributed by atoms with Crippen LogP contribution in [0.4, 0.5) is 0 Å². The van der Waals surface area contributed by atoms with Crippen LogP contribution in [-0.4, -0.2) is 12.9 Å². The van der Waals surface area contributed by atoms with Gasteiger partial charge in [0.15, 0.2) is 0 Å². The molecule has 1 aromatic rings. The van der Waals surface area contributed by atoms with Crippen LogP contribution < -0.4 is 4.74 Å². The van der Waals surface area contributed by atoms with E-state index in [0.29, 0.717) is 0 Å². The summed E-state index contributed by atoms with van der Waals surface area (Å²) in [5, 5.41) is 0. The molecule has 1 rings (SSSR count). The van der Waals surface area contributed by atoms with E-state index in [-0.39, 0.29) is 0 Å². The average molecular weight is 231 g/mol. The fourth-order valence-corrected chi connectivity index (χ4v) is 1.56. The Morgan fingerprint density at radius 2 is 2.18 bits per heavy atom. The van der Waals surface area contributed by atoms with Gasteiger partial charge in [0.1, 0.15) is 5.75 Å². The summed E-state index contributed by atoms with van der Waals surface area (Å²) < 4.78 is 5.64. The standard InChI is InChI=1S/C15H19O2/c1-2-3-4-5-12-17-15-10-6-8-14(13-15)9-7-11-16/h6-10,13H,2-5,12H2,1H3. The molecule has 0 atom stereocenters. The number of carbonyl (C=O) groups excluding carboxylic acids is 1. The van der Waals surface area contributed by atoms with Crippen LogP contribution in [0.1, 0.15) is 38.2 Å². The van der Waals surface area contributed by atoms with Gasteiger partial charge in [-0.1, -0.05) is 44.4 Å². The molecule has 0 spiro atoms. The number of unbranched alkanes of at least 4 members (excludes halogenated alkanes) is 3. The van der Waals surface area contributed by atoms with Crippen molar-refractivity contribution in [3.63, 3.8) is 0 Å². The van der Waals surface area contributed by atoms with Crippen molar-refractivity contribution in [2.24, 2.45) is 0 Å². The number of rotatable bonds is 8. The maximum atomic E-state index is 10.1. The maximum absolute atomic E-state index is 10.1. The molecule has 0 unspecified atom stereocenters. The van der Waals surface area contributed by atoms with Crippen LogP contribution in [0.2, 0.25) is 0 Å². The van der Waals surface area contributed by atoms with Crippen molar-refractivity contribution in [2.45, 2.75) is 32.6 Å². The first-order chi connectivity index (χ1) is 8.36. The maximum Gasteiger partial charge on any atom is 0.225 e. The third kappa shape index (κ3) is 5.91.